The van der Waals surface area contributed by atoms with Gasteiger partial charge in [0.25, 0.3) is 0 Å². The molecule has 12 heavy (non-hydrogen) atoms. The minimum Gasteiger partial charge on any atom is -0.231 e. The van der Waals surface area contributed by atoms with Crippen molar-refractivity contribution >= 4 is 11.7 Å². The fourth-order valence-electron chi connectivity index (χ4n) is 1.47. The molecule has 2 aromatic rings. The quantitative estimate of drug-likeness (QED) is 0.577. The van der Waals surface area contributed by atoms with Crippen LogP contribution >= 0.6 is 0 Å². The Balaban J connectivity index is 2.43. The third-order valence-corrected chi connectivity index (χ3v) is 2.05. The van der Waals surface area contributed by atoms with Gasteiger partial charge >= 0.3 is 0 Å². The van der Waals surface area contributed by atoms with Crippen LogP contribution in [0.3, 0.4) is 0 Å². The first-order valence-corrected chi connectivity index (χ1v) is 3.94. The zero-order valence-electron chi connectivity index (χ0n) is 6.44. The van der Waals surface area contributed by atoms with Gasteiger partial charge in [0, 0.05) is 12.6 Å². The van der Waals surface area contributed by atoms with Crippen LogP contribution in [0.2, 0.25) is 0 Å². The van der Waals surface area contributed by atoms with E-state index in [2.05, 4.69) is 16.2 Å². The van der Waals surface area contributed by atoms with Crippen LogP contribution in [-0.4, -0.2) is 14.6 Å². The standard InChI is InChI=1S/C9H7N3/c1-3-7-8(4-1)11-12-6-2-5-9(12)10-7/h1-2,4-6H,3H2. The lowest BCUT2D eigenvalue weighted by molar-refractivity contribution is 0.881. The summed E-state index contributed by atoms with van der Waals surface area (Å²) < 4.78 is 1.80. The van der Waals surface area contributed by atoms with E-state index in [-0.39, 0.29) is 0 Å². The van der Waals surface area contributed by atoms with Gasteiger partial charge in [0.2, 0.25) is 0 Å². The molecule has 0 aromatic carbocycles. The Labute approximate surface area is 69.4 Å². The normalized spacial score (nSPS) is 14.0. The van der Waals surface area contributed by atoms with Crippen molar-refractivity contribution in [3.05, 3.63) is 35.8 Å². The molecule has 3 nitrogen and oxygen atoms in total. The van der Waals surface area contributed by atoms with Gasteiger partial charge in [-0.15, -0.1) is 0 Å². The summed E-state index contributed by atoms with van der Waals surface area (Å²) in [5.41, 5.74) is 3.01. The van der Waals surface area contributed by atoms with E-state index < -0.39 is 0 Å². The molecule has 3 heteroatoms. The number of aromatic nitrogens is 3. The van der Waals surface area contributed by atoms with Gasteiger partial charge in [-0.25, -0.2) is 9.50 Å². The zero-order chi connectivity index (χ0) is 7.97. The summed E-state index contributed by atoms with van der Waals surface area (Å²) in [4.78, 5) is 4.45. The van der Waals surface area contributed by atoms with E-state index in [1.807, 2.05) is 24.4 Å². The molecular weight excluding hydrogens is 150 g/mol. The predicted octanol–water partition coefficient (Wildman–Crippen LogP) is 1.30. The molecule has 0 saturated carbocycles. The lowest BCUT2D eigenvalue weighted by atomic mass is 10.3. The van der Waals surface area contributed by atoms with E-state index in [1.54, 1.807) is 4.52 Å². The molecule has 1 aliphatic rings. The third-order valence-electron chi connectivity index (χ3n) is 2.05. The molecule has 0 saturated heterocycles. The maximum Gasteiger partial charge on any atom is 0.153 e. The molecule has 0 fully saturated rings. The Kier molecular flexibility index (Phi) is 0.961. The van der Waals surface area contributed by atoms with E-state index in [9.17, 15) is 0 Å². The Bertz CT molecular complexity index is 468. The van der Waals surface area contributed by atoms with E-state index in [0.29, 0.717) is 0 Å². The van der Waals surface area contributed by atoms with Crippen LogP contribution < -0.4 is 0 Å². The summed E-state index contributed by atoms with van der Waals surface area (Å²) in [6, 6.07) is 3.92. The molecule has 0 radical (unpaired) electrons. The molecule has 2 heterocycles. The Hall–Kier alpha value is -1.64. The average Bonchev–Trinajstić information content (AvgIpc) is 2.64. The van der Waals surface area contributed by atoms with E-state index in [4.69, 9.17) is 0 Å². The maximum atomic E-state index is 4.45. The zero-order valence-corrected chi connectivity index (χ0v) is 6.44. The van der Waals surface area contributed by atoms with Gasteiger partial charge in [-0.2, -0.15) is 5.10 Å². The monoisotopic (exact) mass is 157 g/mol. The SMILES string of the molecule is C1=Cc2nn3cccc3nc2C1. The van der Waals surface area contributed by atoms with Crippen LogP contribution in [0.4, 0.5) is 0 Å². The van der Waals surface area contributed by atoms with Crippen molar-refractivity contribution < 1.29 is 0 Å². The van der Waals surface area contributed by atoms with Crippen molar-refractivity contribution in [1.29, 1.82) is 0 Å². The minimum absolute atomic E-state index is 0.921. The summed E-state index contributed by atoms with van der Waals surface area (Å²) in [5.74, 6) is 0. The summed E-state index contributed by atoms with van der Waals surface area (Å²) in [5, 5.41) is 4.38. The van der Waals surface area contributed by atoms with Crippen LogP contribution in [0.1, 0.15) is 11.4 Å². The summed E-state index contributed by atoms with van der Waals surface area (Å²) in [7, 11) is 0. The number of hydrogen-bond acceptors (Lipinski definition) is 2. The molecule has 0 spiro atoms. The van der Waals surface area contributed by atoms with Crippen LogP contribution in [0.15, 0.2) is 24.4 Å². The highest BCUT2D eigenvalue weighted by atomic mass is 15.2. The van der Waals surface area contributed by atoms with Gasteiger partial charge < -0.3 is 0 Å². The lowest BCUT2D eigenvalue weighted by Gasteiger charge is -1.97. The highest BCUT2D eigenvalue weighted by Crippen LogP contribution is 2.14. The van der Waals surface area contributed by atoms with Gasteiger partial charge in [-0.3, -0.25) is 0 Å². The molecule has 0 unspecified atom stereocenters. The van der Waals surface area contributed by atoms with Crippen molar-refractivity contribution in [2.75, 3.05) is 0 Å². The van der Waals surface area contributed by atoms with E-state index >= 15 is 0 Å². The Morgan fingerprint density at radius 3 is 3.42 bits per heavy atom. The molecule has 3 rings (SSSR count). The number of allylic oxidation sites excluding steroid dienone is 1. The van der Waals surface area contributed by atoms with Crippen LogP contribution in [0, 0.1) is 0 Å². The average molecular weight is 157 g/mol. The number of rotatable bonds is 0. The largest absolute Gasteiger partial charge is 0.231 e. The topological polar surface area (TPSA) is 30.2 Å². The summed E-state index contributed by atoms with van der Waals surface area (Å²) >= 11 is 0. The van der Waals surface area contributed by atoms with E-state index in [0.717, 1.165) is 23.5 Å². The first-order valence-electron chi connectivity index (χ1n) is 3.94. The van der Waals surface area contributed by atoms with Crippen molar-refractivity contribution in [1.82, 2.24) is 14.6 Å². The minimum atomic E-state index is 0.921. The fraction of sp³-hybridized carbons (Fsp3) is 0.111. The second-order valence-electron chi connectivity index (χ2n) is 2.86. The molecular formula is C9H7N3. The number of hydrogen-bond donors (Lipinski definition) is 0. The fourth-order valence-corrected chi connectivity index (χ4v) is 1.47. The third kappa shape index (κ3) is 0.652. The first-order chi connectivity index (χ1) is 5.93. The molecule has 1 aliphatic carbocycles. The molecule has 0 bridgehead atoms. The van der Waals surface area contributed by atoms with Crippen molar-refractivity contribution in [3.63, 3.8) is 0 Å². The summed E-state index contributed by atoms with van der Waals surface area (Å²) in [6.07, 6.45) is 6.94. The highest BCUT2D eigenvalue weighted by molar-refractivity contribution is 5.55. The molecule has 0 amide bonds. The van der Waals surface area contributed by atoms with Crippen molar-refractivity contribution in [2.45, 2.75) is 6.42 Å². The molecule has 58 valence electrons. The molecule has 0 atom stereocenters. The highest BCUT2D eigenvalue weighted by Gasteiger charge is 2.08. The van der Waals surface area contributed by atoms with Crippen molar-refractivity contribution in [3.8, 4) is 0 Å². The van der Waals surface area contributed by atoms with E-state index in [1.165, 1.54) is 0 Å². The second-order valence-corrected chi connectivity index (χ2v) is 2.86. The van der Waals surface area contributed by atoms with Crippen LogP contribution in [-0.2, 0) is 6.42 Å². The Morgan fingerprint density at radius 1 is 1.42 bits per heavy atom. The summed E-state index contributed by atoms with van der Waals surface area (Å²) in [6.45, 7) is 0. The van der Waals surface area contributed by atoms with Crippen LogP contribution in [0.25, 0.3) is 11.7 Å². The van der Waals surface area contributed by atoms with Gasteiger partial charge in [0.05, 0.1) is 5.69 Å². The number of fused-ring (bicyclic) bond motifs is 2. The van der Waals surface area contributed by atoms with Gasteiger partial charge in [0.15, 0.2) is 5.65 Å². The lowest BCUT2D eigenvalue weighted by Crippen LogP contribution is -1.98. The predicted molar refractivity (Wildman–Crippen MR) is 45.7 cm³/mol. The first kappa shape index (κ1) is 5.94. The van der Waals surface area contributed by atoms with Crippen molar-refractivity contribution in [2.24, 2.45) is 0 Å². The van der Waals surface area contributed by atoms with Crippen LogP contribution in [0.5, 0.6) is 0 Å². The maximum absolute atomic E-state index is 4.45. The van der Waals surface area contributed by atoms with Gasteiger partial charge in [-0.1, -0.05) is 6.08 Å². The Morgan fingerprint density at radius 2 is 2.42 bits per heavy atom. The van der Waals surface area contributed by atoms with Gasteiger partial charge in [0.1, 0.15) is 5.69 Å². The molecule has 2 aromatic heterocycles. The number of nitrogens with zero attached hydrogens (tertiary/aromatic N) is 3. The van der Waals surface area contributed by atoms with Gasteiger partial charge in [-0.05, 0) is 18.2 Å². The second kappa shape index (κ2) is 1.94. The molecule has 0 N–H and O–H groups in total. The molecule has 0 aliphatic heterocycles. The smallest absolute Gasteiger partial charge is 0.153 e.